The summed E-state index contributed by atoms with van der Waals surface area (Å²) in [5.41, 5.74) is 1.64. The van der Waals surface area contributed by atoms with Crippen LogP contribution in [0, 0.1) is 12.7 Å². The molecule has 1 aromatic rings. The second-order valence-electron chi connectivity index (χ2n) is 5.32. The highest BCUT2D eigenvalue weighted by molar-refractivity contribution is 14.0. The molecule has 0 amide bonds. The number of nitrogens with one attached hydrogen (secondary N) is 2. The summed E-state index contributed by atoms with van der Waals surface area (Å²) in [6.45, 7) is 3.12. The van der Waals surface area contributed by atoms with E-state index in [0.717, 1.165) is 31.4 Å². The SMILES string of the molecule is CN=C(NCCCCCC(=O)OC)NCc1ccc(F)c(C)c1.I. The summed E-state index contributed by atoms with van der Waals surface area (Å²) < 4.78 is 17.8. The van der Waals surface area contributed by atoms with E-state index in [0.29, 0.717) is 24.5 Å². The first-order valence-corrected chi connectivity index (χ1v) is 7.83. The fourth-order valence-corrected chi connectivity index (χ4v) is 2.10. The molecule has 1 aromatic carbocycles. The van der Waals surface area contributed by atoms with Crippen LogP contribution >= 0.6 is 24.0 Å². The number of aryl methyl sites for hydroxylation is 1. The van der Waals surface area contributed by atoms with Crippen molar-refractivity contribution in [2.45, 2.75) is 39.2 Å². The van der Waals surface area contributed by atoms with Crippen LogP contribution < -0.4 is 10.6 Å². The number of hydrogen-bond donors (Lipinski definition) is 2. The molecule has 0 spiro atoms. The summed E-state index contributed by atoms with van der Waals surface area (Å²) in [5.74, 6) is 0.355. The number of carbonyl (C=O) groups excluding carboxylic acids is 1. The Morgan fingerprint density at radius 2 is 2.00 bits per heavy atom. The van der Waals surface area contributed by atoms with E-state index in [4.69, 9.17) is 0 Å². The number of rotatable bonds is 8. The molecule has 7 heteroatoms. The van der Waals surface area contributed by atoms with Crippen molar-refractivity contribution in [1.29, 1.82) is 0 Å². The number of halogens is 2. The van der Waals surface area contributed by atoms with E-state index in [9.17, 15) is 9.18 Å². The molecule has 0 fully saturated rings. The molecule has 0 aliphatic rings. The Bertz CT molecular complexity index is 539. The van der Waals surface area contributed by atoms with Crippen molar-refractivity contribution in [3.63, 3.8) is 0 Å². The number of unbranched alkanes of at least 4 members (excludes halogenated alkanes) is 2. The molecule has 24 heavy (non-hydrogen) atoms. The normalized spacial score (nSPS) is 10.8. The Balaban J connectivity index is 0.00000529. The highest BCUT2D eigenvalue weighted by atomic mass is 127. The van der Waals surface area contributed by atoms with E-state index in [1.165, 1.54) is 13.2 Å². The van der Waals surface area contributed by atoms with Crippen LogP contribution in [-0.4, -0.2) is 32.6 Å². The first-order valence-electron chi connectivity index (χ1n) is 7.83. The summed E-state index contributed by atoms with van der Waals surface area (Å²) >= 11 is 0. The van der Waals surface area contributed by atoms with Gasteiger partial charge in [0.1, 0.15) is 5.82 Å². The van der Waals surface area contributed by atoms with Crippen LogP contribution in [0.3, 0.4) is 0 Å². The summed E-state index contributed by atoms with van der Waals surface area (Å²) in [6.07, 6.45) is 3.20. The maximum atomic E-state index is 13.2. The second-order valence-corrected chi connectivity index (χ2v) is 5.32. The molecule has 0 unspecified atom stereocenters. The Morgan fingerprint density at radius 3 is 2.62 bits per heavy atom. The van der Waals surface area contributed by atoms with Gasteiger partial charge in [0.15, 0.2) is 5.96 Å². The summed E-state index contributed by atoms with van der Waals surface area (Å²) in [7, 11) is 3.12. The molecule has 5 nitrogen and oxygen atoms in total. The first-order chi connectivity index (χ1) is 11.1. The molecule has 0 radical (unpaired) electrons. The van der Waals surface area contributed by atoms with Crippen LogP contribution in [0.15, 0.2) is 23.2 Å². The van der Waals surface area contributed by atoms with E-state index in [2.05, 4.69) is 20.4 Å². The number of aliphatic imine (C=N–C) groups is 1. The van der Waals surface area contributed by atoms with Crippen LogP contribution in [0.5, 0.6) is 0 Å². The molecule has 0 saturated heterocycles. The minimum Gasteiger partial charge on any atom is -0.469 e. The summed E-state index contributed by atoms with van der Waals surface area (Å²) in [4.78, 5) is 15.1. The molecule has 0 heterocycles. The van der Waals surface area contributed by atoms with Gasteiger partial charge in [-0.25, -0.2) is 4.39 Å². The van der Waals surface area contributed by atoms with Crippen molar-refractivity contribution in [2.75, 3.05) is 20.7 Å². The van der Waals surface area contributed by atoms with Crippen LogP contribution in [0.25, 0.3) is 0 Å². The number of guanidine groups is 1. The third kappa shape index (κ3) is 9.05. The van der Waals surface area contributed by atoms with Gasteiger partial charge in [0.25, 0.3) is 0 Å². The van der Waals surface area contributed by atoms with E-state index < -0.39 is 0 Å². The van der Waals surface area contributed by atoms with Gasteiger partial charge < -0.3 is 15.4 Å². The molecule has 0 aliphatic carbocycles. The fourth-order valence-electron chi connectivity index (χ4n) is 2.10. The third-order valence-electron chi connectivity index (χ3n) is 3.48. The van der Waals surface area contributed by atoms with Crippen LogP contribution in [-0.2, 0) is 16.1 Å². The minimum absolute atomic E-state index is 0. The highest BCUT2D eigenvalue weighted by Crippen LogP contribution is 2.08. The molecule has 1 rings (SSSR count). The number of nitrogens with zero attached hydrogens (tertiary/aromatic N) is 1. The van der Waals surface area contributed by atoms with Crippen molar-refractivity contribution in [3.8, 4) is 0 Å². The van der Waals surface area contributed by atoms with Crippen LogP contribution in [0.2, 0.25) is 0 Å². The Kier molecular flexibility index (Phi) is 12.2. The number of carbonyl (C=O) groups is 1. The fraction of sp³-hybridized carbons (Fsp3) is 0.529. The van der Waals surface area contributed by atoms with Gasteiger partial charge in [-0.1, -0.05) is 18.6 Å². The van der Waals surface area contributed by atoms with E-state index in [1.807, 2.05) is 6.07 Å². The maximum Gasteiger partial charge on any atom is 0.305 e. The van der Waals surface area contributed by atoms with Crippen LogP contribution in [0.1, 0.15) is 36.8 Å². The number of benzene rings is 1. The largest absolute Gasteiger partial charge is 0.469 e. The van der Waals surface area contributed by atoms with Crippen molar-refractivity contribution in [2.24, 2.45) is 4.99 Å². The lowest BCUT2D eigenvalue weighted by Gasteiger charge is -2.12. The van der Waals surface area contributed by atoms with Crippen molar-refractivity contribution in [3.05, 3.63) is 35.1 Å². The summed E-state index contributed by atoms with van der Waals surface area (Å²) in [6, 6.07) is 5.06. The van der Waals surface area contributed by atoms with Crippen LogP contribution in [0.4, 0.5) is 4.39 Å². The van der Waals surface area contributed by atoms with Gasteiger partial charge in [0.2, 0.25) is 0 Å². The molecule has 0 bridgehead atoms. The van der Waals surface area contributed by atoms with Gasteiger partial charge in [-0.05, 0) is 37.0 Å². The first kappa shape index (κ1) is 22.6. The maximum absolute atomic E-state index is 13.2. The molecule has 0 aromatic heterocycles. The molecule has 2 N–H and O–H groups in total. The van der Waals surface area contributed by atoms with E-state index >= 15 is 0 Å². The lowest BCUT2D eigenvalue weighted by Crippen LogP contribution is -2.37. The number of esters is 1. The molecular weight excluding hydrogens is 424 g/mol. The third-order valence-corrected chi connectivity index (χ3v) is 3.48. The topological polar surface area (TPSA) is 62.7 Å². The Labute approximate surface area is 160 Å². The Hall–Kier alpha value is -1.38. The van der Waals surface area contributed by atoms with Gasteiger partial charge in [-0.3, -0.25) is 9.79 Å². The van der Waals surface area contributed by atoms with Gasteiger partial charge in [-0.15, -0.1) is 24.0 Å². The predicted molar refractivity (Wildman–Crippen MR) is 105 cm³/mol. The highest BCUT2D eigenvalue weighted by Gasteiger charge is 2.02. The number of ether oxygens (including phenoxy) is 1. The van der Waals surface area contributed by atoms with Gasteiger partial charge in [-0.2, -0.15) is 0 Å². The van der Waals surface area contributed by atoms with E-state index in [1.54, 1.807) is 20.0 Å². The zero-order valence-electron chi connectivity index (χ0n) is 14.5. The zero-order valence-corrected chi connectivity index (χ0v) is 16.9. The van der Waals surface area contributed by atoms with Gasteiger partial charge >= 0.3 is 5.97 Å². The molecule has 0 saturated carbocycles. The quantitative estimate of drug-likeness (QED) is 0.210. The smallest absolute Gasteiger partial charge is 0.305 e. The standard InChI is InChI=1S/C17H26FN3O2.HI/c1-13-11-14(8-9-15(13)18)12-21-17(19-2)20-10-6-4-5-7-16(22)23-3;/h8-9,11H,4-7,10,12H2,1-3H3,(H2,19,20,21);1H. The number of methoxy groups -OCH3 is 1. The predicted octanol–water partition coefficient (Wildman–Crippen LogP) is 3.15. The number of hydrogen-bond acceptors (Lipinski definition) is 3. The van der Waals surface area contributed by atoms with E-state index in [-0.39, 0.29) is 35.8 Å². The van der Waals surface area contributed by atoms with Gasteiger partial charge in [0, 0.05) is 26.6 Å². The minimum atomic E-state index is -0.191. The van der Waals surface area contributed by atoms with Crippen molar-refractivity contribution >= 4 is 35.9 Å². The van der Waals surface area contributed by atoms with Crippen molar-refractivity contribution < 1.29 is 13.9 Å². The lowest BCUT2D eigenvalue weighted by molar-refractivity contribution is -0.140. The molecule has 136 valence electrons. The second kappa shape index (κ2) is 13.0. The molecule has 0 aliphatic heterocycles. The molecule has 0 atom stereocenters. The average molecular weight is 451 g/mol. The Morgan fingerprint density at radius 1 is 1.25 bits per heavy atom. The lowest BCUT2D eigenvalue weighted by atomic mass is 10.1. The van der Waals surface area contributed by atoms with Gasteiger partial charge in [0.05, 0.1) is 7.11 Å². The molecular formula is C17H27FIN3O2. The average Bonchev–Trinajstić information content (AvgIpc) is 2.56. The summed E-state index contributed by atoms with van der Waals surface area (Å²) in [5, 5.41) is 6.41. The van der Waals surface area contributed by atoms with Crippen molar-refractivity contribution in [1.82, 2.24) is 10.6 Å². The zero-order chi connectivity index (χ0) is 17.1. The monoisotopic (exact) mass is 451 g/mol.